The van der Waals surface area contributed by atoms with Crippen LogP contribution in [0.15, 0.2) is 18.2 Å². The molecule has 0 aliphatic heterocycles. The Morgan fingerprint density at radius 2 is 2.10 bits per heavy atom. The molecule has 118 valence electrons. The maximum absolute atomic E-state index is 12.3. The van der Waals surface area contributed by atoms with E-state index in [2.05, 4.69) is 19.2 Å². The smallest absolute Gasteiger partial charge is 0.321 e. The van der Waals surface area contributed by atoms with Crippen LogP contribution in [0.25, 0.3) is 0 Å². The maximum atomic E-state index is 12.3. The molecule has 0 unspecified atom stereocenters. The van der Waals surface area contributed by atoms with Crippen LogP contribution in [0.5, 0.6) is 5.75 Å². The number of hydrogen-bond donors (Lipinski definition) is 1. The highest BCUT2D eigenvalue weighted by Crippen LogP contribution is 2.26. The van der Waals surface area contributed by atoms with Crippen LogP contribution in [0.4, 0.5) is 10.5 Å². The van der Waals surface area contributed by atoms with E-state index in [1.807, 2.05) is 0 Å². The van der Waals surface area contributed by atoms with Gasteiger partial charge in [-0.1, -0.05) is 25.4 Å². The van der Waals surface area contributed by atoms with Gasteiger partial charge in [0, 0.05) is 26.3 Å². The number of amides is 2. The van der Waals surface area contributed by atoms with Gasteiger partial charge in [-0.15, -0.1) is 0 Å². The summed E-state index contributed by atoms with van der Waals surface area (Å²) >= 11 is 6.13. The molecule has 5 nitrogen and oxygen atoms in total. The molecular weight excluding hydrogens is 292 g/mol. The third kappa shape index (κ3) is 5.81. The highest BCUT2D eigenvalue weighted by molar-refractivity contribution is 6.33. The topological polar surface area (TPSA) is 50.8 Å². The Morgan fingerprint density at radius 1 is 1.38 bits per heavy atom. The lowest BCUT2D eigenvalue weighted by molar-refractivity contribution is 0.150. The number of carbonyl (C=O) groups is 1. The zero-order valence-corrected chi connectivity index (χ0v) is 13.7. The van der Waals surface area contributed by atoms with Crippen LogP contribution in [0, 0.1) is 5.92 Å². The van der Waals surface area contributed by atoms with Gasteiger partial charge in [-0.3, -0.25) is 0 Å². The highest BCUT2D eigenvalue weighted by atomic mass is 35.5. The van der Waals surface area contributed by atoms with E-state index in [9.17, 15) is 4.79 Å². The third-order valence-corrected chi connectivity index (χ3v) is 3.17. The van der Waals surface area contributed by atoms with E-state index in [1.165, 1.54) is 0 Å². The molecule has 0 saturated heterocycles. The molecule has 1 aromatic rings. The normalized spacial score (nSPS) is 10.6. The number of methoxy groups -OCH3 is 2. The molecule has 0 bridgehead atoms. The number of benzene rings is 1. The summed E-state index contributed by atoms with van der Waals surface area (Å²) in [6.45, 7) is 5.81. The van der Waals surface area contributed by atoms with Crippen LogP contribution < -0.4 is 10.1 Å². The summed E-state index contributed by atoms with van der Waals surface area (Å²) in [5.41, 5.74) is 0.564. The molecule has 1 aromatic carbocycles. The quantitative estimate of drug-likeness (QED) is 0.838. The first-order chi connectivity index (χ1) is 9.97. The lowest BCUT2D eigenvalue weighted by Gasteiger charge is -2.24. The Kier molecular flexibility index (Phi) is 7.32. The predicted molar refractivity (Wildman–Crippen MR) is 85.3 cm³/mol. The van der Waals surface area contributed by atoms with E-state index in [-0.39, 0.29) is 6.03 Å². The largest absolute Gasteiger partial charge is 0.497 e. The van der Waals surface area contributed by atoms with Crippen LogP contribution in [-0.4, -0.2) is 44.8 Å². The molecule has 0 spiro atoms. The Hall–Kier alpha value is -1.46. The van der Waals surface area contributed by atoms with Crippen molar-refractivity contribution in [2.45, 2.75) is 13.8 Å². The van der Waals surface area contributed by atoms with Crippen molar-refractivity contribution in [1.82, 2.24) is 4.90 Å². The number of halogens is 1. The van der Waals surface area contributed by atoms with E-state index < -0.39 is 0 Å². The van der Waals surface area contributed by atoms with Gasteiger partial charge in [0.05, 0.1) is 24.4 Å². The van der Waals surface area contributed by atoms with Crippen LogP contribution >= 0.6 is 11.6 Å². The summed E-state index contributed by atoms with van der Waals surface area (Å²) in [6.07, 6.45) is 0. The van der Waals surface area contributed by atoms with E-state index in [0.717, 1.165) is 0 Å². The van der Waals surface area contributed by atoms with Gasteiger partial charge in [0.1, 0.15) is 5.75 Å². The average molecular weight is 315 g/mol. The van der Waals surface area contributed by atoms with Crippen molar-refractivity contribution in [3.8, 4) is 5.75 Å². The monoisotopic (exact) mass is 314 g/mol. The fourth-order valence-corrected chi connectivity index (χ4v) is 2.05. The van der Waals surface area contributed by atoms with Gasteiger partial charge in [-0.2, -0.15) is 0 Å². The van der Waals surface area contributed by atoms with Crippen molar-refractivity contribution in [1.29, 1.82) is 0 Å². The molecule has 21 heavy (non-hydrogen) atoms. The molecule has 0 fully saturated rings. The second-order valence-corrected chi connectivity index (χ2v) is 5.52. The number of anilines is 1. The fraction of sp³-hybridized carbons (Fsp3) is 0.533. The number of hydrogen-bond acceptors (Lipinski definition) is 3. The zero-order chi connectivity index (χ0) is 15.8. The van der Waals surface area contributed by atoms with Gasteiger partial charge in [0.25, 0.3) is 0 Å². The van der Waals surface area contributed by atoms with Gasteiger partial charge in [0.15, 0.2) is 0 Å². The number of nitrogens with one attached hydrogen (secondary N) is 1. The molecule has 0 heterocycles. The predicted octanol–water partition coefficient (Wildman–Crippen LogP) is 3.48. The molecule has 1 rings (SSSR count). The summed E-state index contributed by atoms with van der Waals surface area (Å²) in [5.74, 6) is 1.02. The Morgan fingerprint density at radius 3 is 2.62 bits per heavy atom. The van der Waals surface area contributed by atoms with E-state index in [1.54, 1.807) is 37.3 Å². The van der Waals surface area contributed by atoms with Crippen molar-refractivity contribution in [3.63, 3.8) is 0 Å². The third-order valence-electron chi connectivity index (χ3n) is 2.86. The van der Waals surface area contributed by atoms with Gasteiger partial charge in [-0.05, 0) is 18.1 Å². The molecule has 0 aromatic heterocycles. The van der Waals surface area contributed by atoms with Crippen molar-refractivity contribution >= 4 is 23.3 Å². The SMILES string of the molecule is COCCN(CC(C)C)C(=O)Nc1ccc(OC)cc1Cl. The molecule has 0 aliphatic rings. The Balaban J connectivity index is 2.75. The summed E-state index contributed by atoms with van der Waals surface area (Å²) in [7, 11) is 3.19. The van der Waals surface area contributed by atoms with Gasteiger partial charge in [0.2, 0.25) is 0 Å². The summed E-state index contributed by atoms with van der Waals surface area (Å²) in [5, 5.41) is 3.26. The standard InChI is InChI=1S/C15H23ClN2O3/c1-11(2)10-18(7-8-20-3)15(19)17-14-6-5-12(21-4)9-13(14)16/h5-6,9,11H,7-8,10H2,1-4H3,(H,17,19). The van der Waals surface area contributed by atoms with E-state index in [0.29, 0.717) is 42.1 Å². The fourth-order valence-electron chi connectivity index (χ4n) is 1.84. The first-order valence-corrected chi connectivity index (χ1v) is 7.24. The number of rotatable bonds is 7. The maximum Gasteiger partial charge on any atom is 0.321 e. The molecular formula is C15H23ClN2O3. The Bertz CT molecular complexity index is 466. The van der Waals surface area contributed by atoms with Crippen LogP contribution in [-0.2, 0) is 4.74 Å². The summed E-state index contributed by atoms with van der Waals surface area (Å²) in [4.78, 5) is 14.0. The number of nitrogens with zero attached hydrogens (tertiary/aromatic N) is 1. The molecule has 0 radical (unpaired) electrons. The molecule has 6 heteroatoms. The lowest BCUT2D eigenvalue weighted by Crippen LogP contribution is -2.39. The summed E-state index contributed by atoms with van der Waals surface area (Å²) < 4.78 is 10.1. The molecule has 1 N–H and O–H groups in total. The van der Waals surface area contributed by atoms with Crippen LogP contribution in [0.2, 0.25) is 5.02 Å². The van der Waals surface area contributed by atoms with Crippen LogP contribution in [0.3, 0.4) is 0 Å². The highest BCUT2D eigenvalue weighted by Gasteiger charge is 2.16. The van der Waals surface area contributed by atoms with Gasteiger partial charge in [-0.25, -0.2) is 4.79 Å². The Labute approximate surface area is 131 Å². The molecule has 0 saturated carbocycles. The van der Waals surface area contributed by atoms with Crippen molar-refractivity contribution < 1.29 is 14.3 Å². The van der Waals surface area contributed by atoms with E-state index >= 15 is 0 Å². The van der Waals surface area contributed by atoms with Crippen molar-refractivity contribution in [3.05, 3.63) is 23.2 Å². The summed E-state index contributed by atoms with van der Waals surface area (Å²) in [6, 6.07) is 4.96. The second-order valence-electron chi connectivity index (χ2n) is 5.11. The van der Waals surface area contributed by atoms with Gasteiger partial charge >= 0.3 is 6.03 Å². The van der Waals surface area contributed by atoms with E-state index in [4.69, 9.17) is 21.1 Å². The molecule has 0 aliphatic carbocycles. The second kappa shape index (κ2) is 8.74. The molecule has 2 amide bonds. The van der Waals surface area contributed by atoms with Crippen LogP contribution in [0.1, 0.15) is 13.8 Å². The molecule has 0 atom stereocenters. The number of carbonyl (C=O) groups excluding carboxylic acids is 1. The number of urea groups is 1. The lowest BCUT2D eigenvalue weighted by atomic mass is 10.2. The zero-order valence-electron chi connectivity index (χ0n) is 13.0. The first-order valence-electron chi connectivity index (χ1n) is 6.86. The van der Waals surface area contributed by atoms with Gasteiger partial charge < -0.3 is 19.7 Å². The minimum absolute atomic E-state index is 0.187. The first kappa shape index (κ1) is 17.6. The van der Waals surface area contributed by atoms with Crippen molar-refractivity contribution in [2.24, 2.45) is 5.92 Å². The average Bonchev–Trinajstić information content (AvgIpc) is 2.45. The van der Waals surface area contributed by atoms with Crippen molar-refractivity contribution in [2.75, 3.05) is 39.2 Å². The minimum Gasteiger partial charge on any atom is -0.497 e. The minimum atomic E-state index is -0.187. The number of ether oxygens (including phenoxy) is 2.